The molecule has 1 aromatic heterocycles. The van der Waals surface area contributed by atoms with Gasteiger partial charge < -0.3 is 23.9 Å². The van der Waals surface area contributed by atoms with Gasteiger partial charge in [0.25, 0.3) is 0 Å². The molecule has 1 N–H and O–H groups in total. The van der Waals surface area contributed by atoms with E-state index in [-0.39, 0.29) is 13.2 Å². The molecule has 0 radical (unpaired) electrons. The van der Waals surface area contributed by atoms with E-state index in [0.717, 1.165) is 0 Å². The number of carbonyl (C=O) groups excluding carboxylic acids is 1. The Morgan fingerprint density at radius 2 is 1.92 bits per heavy atom. The largest absolute Gasteiger partial charge is 0.479 e. The van der Waals surface area contributed by atoms with Crippen molar-refractivity contribution in [3.63, 3.8) is 0 Å². The average molecular weight is 348 g/mol. The molecule has 0 aliphatic rings. The number of hydrogen-bond acceptors (Lipinski definition) is 6. The first-order valence-corrected chi connectivity index (χ1v) is 7.59. The number of carboxylic acids is 1. The summed E-state index contributed by atoms with van der Waals surface area (Å²) in [6.07, 6.45) is 1.15. The van der Waals surface area contributed by atoms with E-state index in [0.29, 0.717) is 11.3 Å². The Morgan fingerprint density at radius 3 is 2.48 bits per heavy atom. The summed E-state index contributed by atoms with van der Waals surface area (Å²) in [5.74, 6) is -1.72. The second-order valence-electron chi connectivity index (χ2n) is 5.25. The van der Waals surface area contributed by atoms with Crippen molar-refractivity contribution in [2.24, 2.45) is 7.05 Å². The van der Waals surface area contributed by atoms with Crippen LogP contribution in [0.3, 0.4) is 0 Å². The van der Waals surface area contributed by atoms with Crippen LogP contribution in [-0.2, 0) is 30.8 Å². The average Bonchev–Trinajstić information content (AvgIpc) is 3.02. The lowest BCUT2D eigenvalue weighted by Crippen LogP contribution is -2.22. The molecule has 25 heavy (non-hydrogen) atoms. The van der Waals surface area contributed by atoms with Gasteiger partial charge in [-0.2, -0.15) is 0 Å². The highest BCUT2D eigenvalue weighted by atomic mass is 16.6. The van der Waals surface area contributed by atoms with Crippen LogP contribution >= 0.6 is 0 Å². The summed E-state index contributed by atoms with van der Waals surface area (Å²) in [5.41, 5.74) is 0.952. The van der Waals surface area contributed by atoms with Gasteiger partial charge in [0.05, 0.1) is 18.6 Å². The standard InChI is InChI=1S/C17H20N2O6/c1-19-10-13(18-11-19)15(23-2)17(22)25-9-8-24-14(16(20)21)12-6-4-3-5-7-12/h3-7,10-11,14-15H,8-9H2,1-2H3,(H,20,21)/t14-,15+/m0/s1. The van der Waals surface area contributed by atoms with Crippen LogP contribution in [0.4, 0.5) is 0 Å². The number of imidazole rings is 1. The minimum atomic E-state index is -1.12. The van der Waals surface area contributed by atoms with Gasteiger partial charge >= 0.3 is 11.9 Å². The Labute approximate surface area is 145 Å². The molecular weight excluding hydrogens is 328 g/mol. The van der Waals surface area contributed by atoms with E-state index in [2.05, 4.69) is 4.98 Å². The van der Waals surface area contributed by atoms with Gasteiger partial charge in [0, 0.05) is 20.4 Å². The lowest BCUT2D eigenvalue weighted by molar-refractivity contribution is -0.160. The lowest BCUT2D eigenvalue weighted by atomic mass is 10.1. The third kappa shape index (κ3) is 5.13. The lowest BCUT2D eigenvalue weighted by Gasteiger charge is -2.15. The molecule has 0 fully saturated rings. The quantitative estimate of drug-likeness (QED) is 0.541. The van der Waals surface area contributed by atoms with E-state index in [4.69, 9.17) is 14.2 Å². The fraction of sp³-hybridized carbons (Fsp3) is 0.353. The van der Waals surface area contributed by atoms with E-state index in [1.54, 1.807) is 54.5 Å². The SMILES string of the molecule is CO[C@@H](C(=O)OCCO[C@H](C(=O)O)c1ccccc1)c1cn(C)cn1. The highest BCUT2D eigenvalue weighted by Crippen LogP contribution is 2.18. The highest BCUT2D eigenvalue weighted by molar-refractivity contribution is 5.76. The Kier molecular flexibility index (Phi) is 6.67. The van der Waals surface area contributed by atoms with Gasteiger partial charge in [0.2, 0.25) is 0 Å². The highest BCUT2D eigenvalue weighted by Gasteiger charge is 2.25. The van der Waals surface area contributed by atoms with Crippen molar-refractivity contribution >= 4 is 11.9 Å². The van der Waals surface area contributed by atoms with Crippen LogP contribution in [0.1, 0.15) is 23.5 Å². The molecule has 2 rings (SSSR count). The molecule has 8 nitrogen and oxygen atoms in total. The molecule has 2 aromatic rings. The van der Waals surface area contributed by atoms with Crippen molar-refractivity contribution in [2.75, 3.05) is 20.3 Å². The number of nitrogens with zero attached hydrogens (tertiary/aromatic N) is 2. The summed E-state index contributed by atoms with van der Waals surface area (Å²) in [7, 11) is 3.16. The number of aromatic nitrogens is 2. The number of aliphatic carboxylic acids is 1. The fourth-order valence-electron chi connectivity index (χ4n) is 2.23. The minimum absolute atomic E-state index is 0.0593. The van der Waals surface area contributed by atoms with Gasteiger partial charge in [-0.15, -0.1) is 0 Å². The topological polar surface area (TPSA) is 99.9 Å². The van der Waals surface area contributed by atoms with E-state index in [9.17, 15) is 14.7 Å². The van der Waals surface area contributed by atoms with Crippen molar-refractivity contribution in [1.82, 2.24) is 9.55 Å². The Balaban J connectivity index is 1.84. The molecule has 8 heteroatoms. The molecule has 0 aliphatic carbocycles. The zero-order valence-corrected chi connectivity index (χ0v) is 14.0. The van der Waals surface area contributed by atoms with Crippen molar-refractivity contribution in [1.29, 1.82) is 0 Å². The van der Waals surface area contributed by atoms with Gasteiger partial charge in [-0.25, -0.2) is 14.6 Å². The number of methoxy groups -OCH3 is 1. The molecule has 2 atom stereocenters. The smallest absolute Gasteiger partial charge is 0.341 e. The first-order chi connectivity index (χ1) is 12.0. The van der Waals surface area contributed by atoms with Crippen LogP contribution in [0.15, 0.2) is 42.9 Å². The van der Waals surface area contributed by atoms with Crippen molar-refractivity contribution in [2.45, 2.75) is 12.2 Å². The van der Waals surface area contributed by atoms with Crippen LogP contribution < -0.4 is 0 Å². The van der Waals surface area contributed by atoms with Gasteiger partial charge in [-0.1, -0.05) is 30.3 Å². The molecule has 0 bridgehead atoms. The van der Waals surface area contributed by atoms with Crippen molar-refractivity contribution < 1.29 is 28.9 Å². The molecule has 0 aliphatic heterocycles. The zero-order valence-electron chi connectivity index (χ0n) is 14.0. The maximum Gasteiger partial charge on any atom is 0.341 e. The first-order valence-electron chi connectivity index (χ1n) is 7.59. The summed E-state index contributed by atoms with van der Waals surface area (Å²) in [5, 5.41) is 9.25. The molecule has 0 saturated heterocycles. The van der Waals surface area contributed by atoms with E-state index < -0.39 is 24.1 Å². The van der Waals surface area contributed by atoms with Gasteiger partial charge in [0.15, 0.2) is 12.2 Å². The van der Waals surface area contributed by atoms with Crippen LogP contribution in [0.5, 0.6) is 0 Å². The van der Waals surface area contributed by atoms with Gasteiger partial charge in [0.1, 0.15) is 6.61 Å². The normalized spacial score (nSPS) is 13.2. The Bertz CT molecular complexity index is 700. The minimum Gasteiger partial charge on any atom is -0.479 e. The number of carbonyl (C=O) groups is 2. The molecule has 0 unspecified atom stereocenters. The van der Waals surface area contributed by atoms with Crippen LogP contribution in [0.25, 0.3) is 0 Å². The van der Waals surface area contributed by atoms with Crippen molar-refractivity contribution in [3.8, 4) is 0 Å². The van der Waals surface area contributed by atoms with E-state index in [1.165, 1.54) is 7.11 Å². The molecule has 0 saturated carbocycles. The second-order valence-corrected chi connectivity index (χ2v) is 5.25. The zero-order chi connectivity index (χ0) is 18.2. The fourth-order valence-corrected chi connectivity index (χ4v) is 2.23. The summed E-state index contributed by atoms with van der Waals surface area (Å²) >= 11 is 0. The Hall–Kier alpha value is -2.71. The second kappa shape index (κ2) is 8.95. The number of rotatable bonds is 9. The summed E-state index contributed by atoms with van der Waals surface area (Å²) < 4.78 is 17.2. The van der Waals surface area contributed by atoms with Crippen LogP contribution in [0, 0.1) is 0 Å². The molecule has 0 spiro atoms. The third-order valence-electron chi connectivity index (χ3n) is 3.38. The molecule has 0 amide bonds. The number of aryl methyl sites for hydroxylation is 1. The first kappa shape index (κ1) is 18.6. The summed E-state index contributed by atoms with van der Waals surface area (Å²) in [6, 6.07) is 8.56. The van der Waals surface area contributed by atoms with E-state index >= 15 is 0 Å². The molecular formula is C17H20N2O6. The number of benzene rings is 1. The number of esters is 1. The molecule has 1 aromatic carbocycles. The monoisotopic (exact) mass is 348 g/mol. The maximum atomic E-state index is 12.1. The Morgan fingerprint density at radius 1 is 1.20 bits per heavy atom. The van der Waals surface area contributed by atoms with Gasteiger partial charge in [-0.05, 0) is 5.56 Å². The predicted octanol–water partition coefficient (Wildman–Crippen LogP) is 1.49. The maximum absolute atomic E-state index is 12.1. The van der Waals surface area contributed by atoms with Crippen molar-refractivity contribution in [3.05, 3.63) is 54.1 Å². The number of hydrogen-bond donors (Lipinski definition) is 1. The summed E-state index contributed by atoms with van der Waals surface area (Å²) in [4.78, 5) is 27.4. The predicted molar refractivity (Wildman–Crippen MR) is 86.7 cm³/mol. The van der Waals surface area contributed by atoms with E-state index in [1.807, 2.05) is 0 Å². The number of ether oxygens (including phenoxy) is 3. The molecule has 1 heterocycles. The van der Waals surface area contributed by atoms with Crippen LogP contribution in [0.2, 0.25) is 0 Å². The molecule has 134 valence electrons. The number of carboxylic acid groups (broad SMARTS) is 1. The van der Waals surface area contributed by atoms with Crippen LogP contribution in [-0.4, -0.2) is 46.9 Å². The van der Waals surface area contributed by atoms with Gasteiger partial charge in [-0.3, -0.25) is 0 Å². The third-order valence-corrected chi connectivity index (χ3v) is 3.38. The summed E-state index contributed by atoms with van der Waals surface area (Å²) in [6.45, 7) is -0.154.